The van der Waals surface area contributed by atoms with Crippen LogP contribution in [0.15, 0.2) is 24.3 Å². The molecule has 2 rings (SSSR count). The Morgan fingerprint density at radius 2 is 1.89 bits per heavy atom. The van der Waals surface area contributed by atoms with Gasteiger partial charge in [-0.1, -0.05) is 32.9 Å². The SMILES string of the molecule is CC(C)CC(O)CC(C)c1nc2ccccc2s1. The van der Waals surface area contributed by atoms with Crippen LogP contribution in [0.4, 0.5) is 0 Å². The van der Waals surface area contributed by atoms with Crippen LogP contribution in [-0.2, 0) is 0 Å². The Kier molecular flexibility index (Phi) is 4.36. The molecule has 0 saturated heterocycles. The molecule has 1 aromatic carbocycles. The largest absolute Gasteiger partial charge is 0.393 e. The molecule has 0 spiro atoms. The van der Waals surface area contributed by atoms with Gasteiger partial charge in [-0.3, -0.25) is 0 Å². The molecule has 0 bridgehead atoms. The van der Waals surface area contributed by atoms with Crippen LogP contribution in [-0.4, -0.2) is 16.2 Å². The molecule has 2 atom stereocenters. The molecule has 0 saturated carbocycles. The van der Waals surface area contributed by atoms with Crippen molar-refractivity contribution in [2.75, 3.05) is 0 Å². The lowest BCUT2D eigenvalue weighted by Crippen LogP contribution is -2.13. The number of hydrogen-bond acceptors (Lipinski definition) is 3. The van der Waals surface area contributed by atoms with Crippen molar-refractivity contribution in [3.63, 3.8) is 0 Å². The minimum absolute atomic E-state index is 0.216. The van der Waals surface area contributed by atoms with E-state index in [1.165, 1.54) is 4.70 Å². The topological polar surface area (TPSA) is 33.1 Å². The van der Waals surface area contributed by atoms with E-state index in [-0.39, 0.29) is 6.10 Å². The third-order valence-electron chi connectivity index (χ3n) is 3.10. The van der Waals surface area contributed by atoms with Gasteiger partial charge < -0.3 is 5.11 Å². The summed E-state index contributed by atoms with van der Waals surface area (Å²) in [6.07, 6.45) is 1.46. The molecule has 0 aliphatic heterocycles. The summed E-state index contributed by atoms with van der Waals surface area (Å²) in [6, 6.07) is 8.22. The number of nitrogens with zero attached hydrogens (tertiary/aromatic N) is 1. The number of benzene rings is 1. The maximum Gasteiger partial charge on any atom is 0.0967 e. The van der Waals surface area contributed by atoms with Crippen LogP contribution in [0.5, 0.6) is 0 Å². The maximum atomic E-state index is 10.0. The first kappa shape index (κ1) is 13.5. The first-order valence-corrected chi connectivity index (χ1v) is 7.41. The van der Waals surface area contributed by atoms with Gasteiger partial charge in [0.2, 0.25) is 0 Å². The fourth-order valence-electron chi connectivity index (χ4n) is 2.25. The average Bonchev–Trinajstić information content (AvgIpc) is 2.71. The predicted octanol–water partition coefficient (Wildman–Crippen LogP) is 4.20. The Morgan fingerprint density at radius 3 is 2.56 bits per heavy atom. The van der Waals surface area contributed by atoms with Crippen LogP contribution >= 0.6 is 11.3 Å². The Bertz CT molecular complexity index is 473. The first-order chi connectivity index (χ1) is 8.56. The molecule has 2 nitrogen and oxygen atoms in total. The van der Waals surface area contributed by atoms with Crippen LogP contribution in [0, 0.1) is 5.92 Å². The first-order valence-electron chi connectivity index (χ1n) is 6.59. The number of thiazole rings is 1. The molecule has 3 heteroatoms. The van der Waals surface area contributed by atoms with Gasteiger partial charge in [0.05, 0.1) is 21.3 Å². The number of para-hydroxylation sites is 1. The van der Waals surface area contributed by atoms with Gasteiger partial charge in [0.25, 0.3) is 0 Å². The second kappa shape index (κ2) is 5.81. The lowest BCUT2D eigenvalue weighted by molar-refractivity contribution is 0.132. The molecule has 2 aromatic rings. The number of aliphatic hydroxyl groups excluding tert-OH is 1. The number of aliphatic hydroxyl groups is 1. The molecule has 0 fully saturated rings. The normalized spacial score (nSPS) is 15.2. The van der Waals surface area contributed by atoms with E-state index in [0.717, 1.165) is 23.4 Å². The van der Waals surface area contributed by atoms with E-state index in [2.05, 4.69) is 31.8 Å². The van der Waals surface area contributed by atoms with E-state index in [1.54, 1.807) is 11.3 Å². The summed E-state index contributed by atoms with van der Waals surface area (Å²) in [5.74, 6) is 0.874. The zero-order valence-electron chi connectivity index (χ0n) is 11.3. The van der Waals surface area contributed by atoms with Gasteiger partial charge >= 0.3 is 0 Å². The molecular weight excluding hydrogens is 242 g/mol. The van der Waals surface area contributed by atoms with Gasteiger partial charge in [-0.05, 0) is 30.9 Å². The minimum atomic E-state index is -0.216. The summed E-state index contributed by atoms with van der Waals surface area (Å²) in [7, 11) is 0. The van der Waals surface area contributed by atoms with Crippen LogP contribution in [0.1, 0.15) is 44.5 Å². The standard InChI is InChI=1S/C15H21NOS/c1-10(2)8-12(17)9-11(3)15-16-13-6-4-5-7-14(13)18-15/h4-7,10-12,17H,8-9H2,1-3H3. The molecule has 18 heavy (non-hydrogen) atoms. The Hall–Kier alpha value is -0.930. The van der Waals surface area contributed by atoms with Crippen LogP contribution in [0.3, 0.4) is 0 Å². The predicted molar refractivity (Wildman–Crippen MR) is 78.1 cm³/mol. The Labute approximate surface area is 113 Å². The van der Waals surface area contributed by atoms with Gasteiger partial charge in [-0.15, -0.1) is 11.3 Å². The van der Waals surface area contributed by atoms with Crippen molar-refractivity contribution >= 4 is 21.6 Å². The van der Waals surface area contributed by atoms with Gasteiger partial charge in [0, 0.05) is 5.92 Å². The van der Waals surface area contributed by atoms with E-state index in [1.807, 2.05) is 18.2 Å². The third kappa shape index (κ3) is 3.30. The van der Waals surface area contributed by atoms with Crippen molar-refractivity contribution < 1.29 is 5.11 Å². The summed E-state index contributed by atoms with van der Waals surface area (Å²) in [5.41, 5.74) is 1.07. The number of rotatable bonds is 5. The number of fused-ring (bicyclic) bond motifs is 1. The molecule has 0 aliphatic rings. The molecule has 0 aliphatic carbocycles. The minimum Gasteiger partial charge on any atom is -0.393 e. The van der Waals surface area contributed by atoms with E-state index < -0.39 is 0 Å². The Morgan fingerprint density at radius 1 is 1.17 bits per heavy atom. The molecule has 1 heterocycles. The molecule has 2 unspecified atom stereocenters. The average molecular weight is 263 g/mol. The van der Waals surface area contributed by atoms with Crippen molar-refractivity contribution in [1.29, 1.82) is 0 Å². The maximum absolute atomic E-state index is 10.0. The number of aromatic nitrogens is 1. The molecular formula is C15H21NOS. The highest BCUT2D eigenvalue weighted by Gasteiger charge is 2.16. The van der Waals surface area contributed by atoms with Crippen LogP contribution in [0.25, 0.3) is 10.2 Å². The second-order valence-electron chi connectivity index (χ2n) is 5.44. The van der Waals surface area contributed by atoms with E-state index in [4.69, 9.17) is 0 Å². The van der Waals surface area contributed by atoms with E-state index in [9.17, 15) is 5.11 Å². The molecule has 1 aromatic heterocycles. The molecule has 1 N–H and O–H groups in total. The highest BCUT2D eigenvalue weighted by atomic mass is 32.1. The lowest BCUT2D eigenvalue weighted by atomic mass is 9.97. The fourth-order valence-corrected chi connectivity index (χ4v) is 3.28. The van der Waals surface area contributed by atoms with Crippen LogP contribution in [0.2, 0.25) is 0 Å². The zero-order chi connectivity index (χ0) is 13.1. The number of hydrogen-bond donors (Lipinski definition) is 1. The monoisotopic (exact) mass is 263 g/mol. The smallest absolute Gasteiger partial charge is 0.0967 e. The fraction of sp³-hybridized carbons (Fsp3) is 0.533. The molecule has 0 amide bonds. The van der Waals surface area contributed by atoms with E-state index >= 15 is 0 Å². The summed E-state index contributed by atoms with van der Waals surface area (Å²) in [6.45, 7) is 6.44. The van der Waals surface area contributed by atoms with Crippen molar-refractivity contribution in [3.8, 4) is 0 Å². The second-order valence-corrected chi connectivity index (χ2v) is 6.50. The molecule has 0 radical (unpaired) electrons. The Balaban J connectivity index is 2.06. The summed E-state index contributed by atoms with van der Waals surface area (Å²) < 4.78 is 1.23. The highest BCUT2D eigenvalue weighted by molar-refractivity contribution is 7.18. The van der Waals surface area contributed by atoms with Gasteiger partial charge in [0.1, 0.15) is 0 Å². The molecule has 98 valence electrons. The van der Waals surface area contributed by atoms with Gasteiger partial charge in [-0.2, -0.15) is 0 Å². The zero-order valence-corrected chi connectivity index (χ0v) is 12.1. The van der Waals surface area contributed by atoms with Gasteiger partial charge in [0.15, 0.2) is 0 Å². The summed E-state index contributed by atoms with van der Waals surface area (Å²) in [4.78, 5) is 4.65. The van der Waals surface area contributed by atoms with Crippen LogP contribution < -0.4 is 0 Å². The van der Waals surface area contributed by atoms with E-state index in [0.29, 0.717) is 11.8 Å². The summed E-state index contributed by atoms with van der Waals surface area (Å²) >= 11 is 1.74. The summed E-state index contributed by atoms with van der Waals surface area (Å²) in [5, 5.41) is 11.1. The third-order valence-corrected chi connectivity index (χ3v) is 4.37. The van der Waals surface area contributed by atoms with Crippen molar-refractivity contribution in [2.24, 2.45) is 5.92 Å². The van der Waals surface area contributed by atoms with Crippen molar-refractivity contribution in [3.05, 3.63) is 29.3 Å². The quantitative estimate of drug-likeness (QED) is 0.877. The lowest BCUT2D eigenvalue weighted by Gasteiger charge is -2.16. The highest BCUT2D eigenvalue weighted by Crippen LogP contribution is 2.30. The van der Waals surface area contributed by atoms with Crippen molar-refractivity contribution in [1.82, 2.24) is 4.98 Å². The van der Waals surface area contributed by atoms with Crippen molar-refractivity contribution in [2.45, 2.75) is 45.6 Å². The van der Waals surface area contributed by atoms with Gasteiger partial charge in [-0.25, -0.2) is 4.98 Å².